The molecular formula is C19H17ClFN3O5S. The summed E-state index contributed by atoms with van der Waals surface area (Å²) in [5, 5.41) is 8.39. The molecule has 11 heteroatoms. The summed E-state index contributed by atoms with van der Waals surface area (Å²) in [4.78, 5) is 33.9. The standard InChI is InChI=1S/C19H17ClFN3O5S/c20-11-7-13(21)16(23-9-11)19(4-5-19)18(27)24-10-12(8-14(24)17(25)26)30(28,29)15-3-1-2-6-22-15/h1-3,6-7,9,12,14H,4-5,8,10H2,(H,25,26)/t12-,14+/m1/s1. The molecule has 1 aliphatic carbocycles. The van der Waals surface area contributed by atoms with E-state index in [0.717, 1.165) is 11.0 Å². The van der Waals surface area contributed by atoms with Gasteiger partial charge in [0.1, 0.15) is 11.9 Å². The van der Waals surface area contributed by atoms with Crippen molar-refractivity contribution in [2.75, 3.05) is 6.54 Å². The number of hydrogen-bond acceptors (Lipinski definition) is 6. The van der Waals surface area contributed by atoms with Crippen molar-refractivity contribution in [1.82, 2.24) is 14.9 Å². The van der Waals surface area contributed by atoms with Crippen LogP contribution in [0.4, 0.5) is 4.39 Å². The lowest BCUT2D eigenvalue weighted by Gasteiger charge is -2.26. The molecule has 4 rings (SSSR count). The minimum Gasteiger partial charge on any atom is -0.480 e. The van der Waals surface area contributed by atoms with Gasteiger partial charge in [-0.2, -0.15) is 0 Å². The Hall–Kier alpha value is -2.59. The maximum Gasteiger partial charge on any atom is 0.326 e. The largest absolute Gasteiger partial charge is 0.480 e. The first-order chi connectivity index (χ1) is 14.2. The summed E-state index contributed by atoms with van der Waals surface area (Å²) >= 11 is 5.74. The zero-order valence-corrected chi connectivity index (χ0v) is 17.1. The topological polar surface area (TPSA) is 118 Å². The average molecular weight is 454 g/mol. The highest BCUT2D eigenvalue weighted by Crippen LogP contribution is 2.51. The number of nitrogens with zero attached hydrogens (tertiary/aromatic N) is 3. The fourth-order valence-electron chi connectivity index (χ4n) is 3.89. The second-order valence-electron chi connectivity index (χ2n) is 7.45. The summed E-state index contributed by atoms with van der Waals surface area (Å²) in [6, 6.07) is 4.11. The molecule has 158 valence electrons. The summed E-state index contributed by atoms with van der Waals surface area (Å²) < 4.78 is 40.3. The van der Waals surface area contributed by atoms with E-state index in [1.54, 1.807) is 6.07 Å². The van der Waals surface area contributed by atoms with E-state index in [1.165, 1.54) is 24.5 Å². The molecule has 3 heterocycles. The number of hydrogen-bond donors (Lipinski definition) is 1. The lowest BCUT2D eigenvalue weighted by molar-refractivity contribution is -0.149. The molecule has 0 spiro atoms. The van der Waals surface area contributed by atoms with Crippen LogP contribution in [0.1, 0.15) is 25.0 Å². The van der Waals surface area contributed by atoms with Crippen LogP contribution in [0.25, 0.3) is 0 Å². The van der Waals surface area contributed by atoms with E-state index < -0.39 is 44.2 Å². The first kappa shape index (κ1) is 20.7. The van der Waals surface area contributed by atoms with E-state index in [-0.39, 0.29) is 41.5 Å². The third kappa shape index (κ3) is 3.33. The Bertz CT molecular complexity index is 1120. The zero-order chi connectivity index (χ0) is 21.7. The first-order valence-corrected chi connectivity index (χ1v) is 11.1. The van der Waals surface area contributed by atoms with Crippen LogP contribution in [0.3, 0.4) is 0 Å². The molecule has 2 aliphatic rings. The van der Waals surface area contributed by atoms with Crippen molar-refractivity contribution >= 4 is 33.3 Å². The molecule has 2 aromatic rings. The van der Waals surface area contributed by atoms with Crippen LogP contribution in [-0.2, 0) is 24.8 Å². The van der Waals surface area contributed by atoms with Crippen LogP contribution < -0.4 is 0 Å². The minimum absolute atomic E-state index is 0.0746. The summed E-state index contributed by atoms with van der Waals surface area (Å²) in [6.07, 6.45) is 2.86. The number of carbonyl (C=O) groups is 2. The summed E-state index contributed by atoms with van der Waals surface area (Å²) in [7, 11) is -3.95. The van der Waals surface area contributed by atoms with Crippen LogP contribution >= 0.6 is 11.6 Å². The third-order valence-electron chi connectivity index (χ3n) is 5.60. The Kier molecular flexibility index (Phi) is 5.01. The maximum atomic E-state index is 14.4. The lowest BCUT2D eigenvalue weighted by Crippen LogP contribution is -2.46. The second kappa shape index (κ2) is 7.28. The number of rotatable bonds is 5. The van der Waals surface area contributed by atoms with Gasteiger partial charge in [0.15, 0.2) is 14.9 Å². The predicted octanol–water partition coefficient (Wildman–Crippen LogP) is 1.83. The second-order valence-corrected chi connectivity index (χ2v) is 10.1. The van der Waals surface area contributed by atoms with Gasteiger partial charge < -0.3 is 10.0 Å². The van der Waals surface area contributed by atoms with Gasteiger partial charge in [-0.3, -0.25) is 9.78 Å². The number of sulfone groups is 1. The number of aromatic nitrogens is 2. The minimum atomic E-state index is -3.95. The molecule has 0 unspecified atom stereocenters. The molecule has 30 heavy (non-hydrogen) atoms. The van der Waals surface area contributed by atoms with Crippen molar-refractivity contribution in [1.29, 1.82) is 0 Å². The van der Waals surface area contributed by atoms with Crippen molar-refractivity contribution in [2.45, 2.75) is 41.0 Å². The van der Waals surface area contributed by atoms with Crippen LogP contribution in [0.2, 0.25) is 5.02 Å². The number of carbonyl (C=O) groups excluding carboxylic acids is 1. The molecule has 0 bridgehead atoms. The molecule has 2 fully saturated rings. The summed E-state index contributed by atoms with van der Waals surface area (Å²) in [5.41, 5.74) is -1.40. The molecule has 1 saturated carbocycles. The van der Waals surface area contributed by atoms with Crippen LogP contribution in [0.15, 0.2) is 41.7 Å². The maximum absolute atomic E-state index is 14.4. The number of likely N-dealkylation sites (tertiary alicyclic amines) is 1. The van der Waals surface area contributed by atoms with E-state index in [1.807, 2.05) is 0 Å². The lowest BCUT2D eigenvalue weighted by atomic mass is 9.98. The molecule has 1 saturated heterocycles. The molecule has 1 N–H and O–H groups in total. The molecule has 0 radical (unpaired) electrons. The number of amides is 1. The fourth-order valence-corrected chi connectivity index (χ4v) is 5.64. The molecular weight excluding hydrogens is 437 g/mol. The predicted molar refractivity (Wildman–Crippen MR) is 103 cm³/mol. The van der Waals surface area contributed by atoms with Gasteiger partial charge in [-0.1, -0.05) is 17.7 Å². The summed E-state index contributed by atoms with van der Waals surface area (Å²) in [5.74, 6) is -2.71. The number of aliphatic carboxylic acids is 1. The van der Waals surface area contributed by atoms with Crippen molar-refractivity contribution < 1.29 is 27.5 Å². The van der Waals surface area contributed by atoms with E-state index in [0.29, 0.717) is 0 Å². The molecule has 0 aromatic carbocycles. The van der Waals surface area contributed by atoms with Crippen LogP contribution in [-0.4, -0.2) is 58.1 Å². The highest BCUT2D eigenvalue weighted by Gasteiger charge is 2.59. The highest BCUT2D eigenvalue weighted by atomic mass is 35.5. The van der Waals surface area contributed by atoms with Gasteiger partial charge in [0.05, 0.1) is 21.4 Å². The average Bonchev–Trinajstić information content (AvgIpc) is 3.37. The molecule has 1 aliphatic heterocycles. The zero-order valence-electron chi connectivity index (χ0n) is 15.5. The van der Waals surface area contributed by atoms with Crippen LogP contribution in [0, 0.1) is 5.82 Å². The Balaban J connectivity index is 1.66. The monoisotopic (exact) mass is 453 g/mol. The van der Waals surface area contributed by atoms with Gasteiger partial charge in [-0.25, -0.2) is 22.6 Å². The Morgan fingerprint density at radius 3 is 2.57 bits per heavy atom. The molecule has 2 aromatic heterocycles. The fraction of sp³-hybridized carbons (Fsp3) is 0.368. The van der Waals surface area contributed by atoms with Crippen molar-refractivity contribution in [3.8, 4) is 0 Å². The van der Waals surface area contributed by atoms with E-state index in [9.17, 15) is 27.5 Å². The Morgan fingerprint density at radius 2 is 2.00 bits per heavy atom. The number of halogens is 2. The van der Waals surface area contributed by atoms with Crippen molar-refractivity contribution in [3.63, 3.8) is 0 Å². The van der Waals surface area contributed by atoms with Gasteiger partial charge in [-0.15, -0.1) is 0 Å². The Morgan fingerprint density at radius 1 is 1.27 bits per heavy atom. The number of pyridine rings is 2. The van der Waals surface area contributed by atoms with Gasteiger partial charge in [0.25, 0.3) is 0 Å². The number of carboxylic acids is 1. The number of carboxylic acid groups (broad SMARTS) is 1. The third-order valence-corrected chi connectivity index (χ3v) is 7.85. The summed E-state index contributed by atoms with van der Waals surface area (Å²) in [6.45, 7) is -0.314. The van der Waals surface area contributed by atoms with Gasteiger partial charge in [-0.05, 0) is 37.5 Å². The van der Waals surface area contributed by atoms with Crippen LogP contribution in [0.5, 0.6) is 0 Å². The van der Waals surface area contributed by atoms with Gasteiger partial charge in [0, 0.05) is 18.9 Å². The Labute approximate surface area is 176 Å². The molecule has 2 atom stereocenters. The van der Waals surface area contributed by atoms with Crippen molar-refractivity contribution in [3.05, 3.63) is 53.2 Å². The first-order valence-electron chi connectivity index (χ1n) is 9.17. The SMILES string of the molecule is O=C(O)[C@@H]1C[C@@H](S(=O)(=O)c2ccccn2)CN1C(=O)C1(c2ncc(Cl)cc2F)CC1. The van der Waals surface area contributed by atoms with E-state index in [4.69, 9.17) is 11.6 Å². The van der Waals surface area contributed by atoms with Crippen molar-refractivity contribution in [2.24, 2.45) is 0 Å². The normalized spacial score (nSPS) is 22.7. The van der Waals surface area contributed by atoms with Gasteiger partial charge >= 0.3 is 5.97 Å². The highest BCUT2D eigenvalue weighted by molar-refractivity contribution is 7.92. The van der Waals surface area contributed by atoms with E-state index >= 15 is 0 Å². The van der Waals surface area contributed by atoms with E-state index in [2.05, 4.69) is 9.97 Å². The van der Waals surface area contributed by atoms with Gasteiger partial charge in [0.2, 0.25) is 5.91 Å². The molecule has 8 nitrogen and oxygen atoms in total. The molecule has 1 amide bonds. The quantitative estimate of drug-likeness (QED) is 0.733. The smallest absolute Gasteiger partial charge is 0.326 e.